The number of benzene rings is 1. The molecule has 4 nitrogen and oxygen atoms in total. The fourth-order valence-corrected chi connectivity index (χ4v) is 3.57. The molecule has 0 bridgehead atoms. The summed E-state index contributed by atoms with van der Waals surface area (Å²) in [5.74, 6) is 0.607. The van der Waals surface area contributed by atoms with Crippen LogP contribution >= 0.6 is 0 Å². The molecule has 1 aliphatic carbocycles. The molecule has 126 valence electrons. The molecular formula is C20H25N3O. The molecule has 0 radical (unpaired) electrons. The first-order chi connectivity index (χ1) is 11.3. The van der Waals surface area contributed by atoms with E-state index in [2.05, 4.69) is 55.3 Å². The van der Waals surface area contributed by atoms with Crippen LogP contribution in [0.5, 0.6) is 0 Å². The summed E-state index contributed by atoms with van der Waals surface area (Å²) in [4.78, 5) is 18.3. The van der Waals surface area contributed by atoms with Crippen molar-refractivity contribution in [2.75, 3.05) is 7.05 Å². The third kappa shape index (κ3) is 3.01. The van der Waals surface area contributed by atoms with Crippen molar-refractivity contribution < 1.29 is 4.79 Å². The van der Waals surface area contributed by atoms with Crippen molar-refractivity contribution in [1.29, 1.82) is 0 Å². The quantitative estimate of drug-likeness (QED) is 0.908. The molecule has 2 atom stereocenters. The molecular weight excluding hydrogens is 298 g/mol. The highest BCUT2D eigenvalue weighted by Crippen LogP contribution is 2.37. The van der Waals surface area contributed by atoms with Crippen LogP contribution in [0.4, 0.5) is 0 Å². The van der Waals surface area contributed by atoms with Gasteiger partial charge in [0.2, 0.25) is 5.91 Å². The Morgan fingerprint density at radius 1 is 1.25 bits per heavy atom. The molecule has 0 saturated heterocycles. The second kappa shape index (κ2) is 5.93. The predicted octanol–water partition coefficient (Wildman–Crippen LogP) is 3.21. The van der Waals surface area contributed by atoms with Crippen LogP contribution in [0.3, 0.4) is 0 Å². The maximum atomic E-state index is 12.2. The van der Waals surface area contributed by atoms with E-state index in [1.807, 2.05) is 6.92 Å². The number of hydrogen-bond donors (Lipinski definition) is 1. The molecule has 0 aromatic heterocycles. The van der Waals surface area contributed by atoms with Gasteiger partial charge in [0.05, 0.1) is 12.0 Å². The van der Waals surface area contributed by atoms with Crippen molar-refractivity contribution >= 4 is 11.9 Å². The molecule has 0 fully saturated rings. The summed E-state index contributed by atoms with van der Waals surface area (Å²) < 4.78 is 0. The summed E-state index contributed by atoms with van der Waals surface area (Å²) >= 11 is 0. The van der Waals surface area contributed by atoms with Gasteiger partial charge >= 0.3 is 0 Å². The number of aliphatic imine (C=N–C) groups is 1. The number of hydrogen-bond acceptors (Lipinski definition) is 3. The molecule has 3 rings (SSSR count). The van der Waals surface area contributed by atoms with Crippen LogP contribution < -0.4 is 5.73 Å². The van der Waals surface area contributed by atoms with Crippen molar-refractivity contribution in [2.24, 2.45) is 10.7 Å². The lowest BCUT2D eigenvalue weighted by Gasteiger charge is -2.35. The van der Waals surface area contributed by atoms with Gasteiger partial charge in [-0.25, -0.2) is 4.99 Å². The summed E-state index contributed by atoms with van der Waals surface area (Å²) in [5, 5.41) is 0. The van der Waals surface area contributed by atoms with Gasteiger partial charge < -0.3 is 5.73 Å². The number of guanidine groups is 1. The summed E-state index contributed by atoms with van der Waals surface area (Å²) in [7, 11) is 1.67. The van der Waals surface area contributed by atoms with Crippen LogP contribution in [0.2, 0.25) is 0 Å². The highest BCUT2D eigenvalue weighted by atomic mass is 16.2. The third-order valence-corrected chi connectivity index (χ3v) is 4.94. The smallest absolute Gasteiger partial charge is 0.231 e. The van der Waals surface area contributed by atoms with Crippen molar-refractivity contribution in [1.82, 2.24) is 4.90 Å². The van der Waals surface area contributed by atoms with E-state index in [-0.39, 0.29) is 11.9 Å². The van der Waals surface area contributed by atoms with Crippen molar-refractivity contribution in [3.8, 4) is 0 Å². The Kier molecular flexibility index (Phi) is 4.08. The average molecular weight is 323 g/mol. The molecule has 0 spiro atoms. The number of nitrogens with zero attached hydrogens (tertiary/aromatic N) is 2. The van der Waals surface area contributed by atoms with Gasteiger partial charge in [-0.3, -0.25) is 9.69 Å². The van der Waals surface area contributed by atoms with Crippen molar-refractivity contribution in [2.45, 2.75) is 45.1 Å². The zero-order valence-electron chi connectivity index (χ0n) is 14.8. The van der Waals surface area contributed by atoms with Gasteiger partial charge in [-0.2, -0.15) is 0 Å². The van der Waals surface area contributed by atoms with Crippen LogP contribution in [0.25, 0.3) is 0 Å². The van der Waals surface area contributed by atoms with E-state index in [1.54, 1.807) is 7.05 Å². The van der Waals surface area contributed by atoms with Gasteiger partial charge in [-0.15, -0.1) is 0 Å². The van der Waals surface area contributed by atoms with Crippen LogP contribution in [0.1, 0.15) is 42.4 Å². The van der Waals surface area contributed by atoms with Crippen molar-refractivity contribution in [3.05, 3.63) is 58.7 Å². The molecule has 24 heavy (non-hydrogen) atoms. The largest absolute Gasteiger partial charge is 0.369 e. The van der Waals surface area contributed by atoms with E-state index in [9.17, 15) is 4.79 Å². The van der Waals surface area contributed by atoms with E-state index < -0.39 is 5.54 Å². The molecule has 4 heteroatoms. The van der Waals surface area contributed by atoms with Crippen LogP contribution in [0.15, 0.2) is 47.0 Å². The lowest BCUT2D eigenvalue weighted by Crippen LogP contribution is -2.49. The van der Waals surface area contributed by atoms with Gasteiger partial charge in [0, 0.05) is 13.0 Å². The molecule has 2 aliphatic rings. The first-order valence-electron chi connectivity index (χ1n) is 8.37. The Hall–Kier alpha value is -2.36. The van der Waals surface area contributed by atoms with Crippen LogP contribution in [-0.2, 0) is 4.79 Å². The summed E-state index contributed by atoms with van der Waals surface area (Å²) in [6.45, 7) is 6.24. The Labute approximate surface area is 143 Å². The van der Waals surface area contributed by atoms with Crippen LogP contribution in [0, 0.1) is 13.8 Å². The second-order valence-electron chi connectivity index (χ2n) is 7.16. The van der Waals surface area contributed by atoms with Crippen molar-refractivity contribution in [3.63, 3.8) is 0 Å². The van der Waals surface area contributed by atoms with Gasteiger partial charge in [0.25, 0.3) is 0 Å². The fraction of sp³-hybridized carbons (Fsp3) is 0.400. The van der Waals surface area contributed by atoms with E-state index >= 15 is 0 Å². The van der Waals surface area contributed by atoms with E-state index in [0.29, 0.717) is 12.3 Å². The topological polar surface area (TPSA) is 58.7 Å². The maximum Gasteiger partial charge on any atom is 0.231 e. The van der Waals surface area contributed by atoms with Gasteiger partial charge in [-0.1, -0.05) is 47.6 Å². The monoisotopic (exact) mass is 323 g/mol. The van der Waals surface area contributed by atoms with E-state index in [0.717, 1.165) is 12.0 Å². The second-order valence-corrected chi connectivity index (χ2v) is 7.16. The van der Waals surface area contributed by atoms with Gasteiger partial charge in [0.15, 0.2) is 5.96 Å². The Morgan fingerprint density at radius 2 is 1.92 bits per heavy atom. The van der Waals surface area contributed by atoms with Gasteiger partial charge in [0.1, 0.15) is 0 Å². The van der Waals surface area contributed by atoms with E-state index in [1.165, 1.54) is 21.6 Å². The van der Waals surface area contributed by atoms with E-state index in [4.69, 9.17) is 5.73 Å². The minimum absolute atomic E-state index is 0.00724. The predicted molar refractivity (Wildman–Crippen MR) is 97.9 cm³/mol. The Balaban J connectivity index is 1.98. The molecule has 1 heterocycles. The zero-order valence-corrected chi connectivity index (χ0v) is 14.8. The summed E-state index contributed by atoms with van der Waals surface area (Å²) in [5.41, 5.74) is 10.3. The molecule has 1 aromatic carbocycles. The number of nitrogens with two attached hydrogens (primary N) is 1. The zero-order chi connectivity index (χ0) is 17.5. The molecule has 2 unspecified atom stereocenters. The first-order valence-corrected chi connectivity index (χ1v) is 8.37. The summed E-state index contributed by atoms with van der Waals surface area (Å²) in [6, 6.07) is 6.67. The Morgan fingerprint density at radius 3 is 2.54 bits per heavy atom. The fourth-order valence-electron chi connectivity index (χ4n) is 3.57. The standard InChI is InChI=1S/C20H25N3O/c1-13-8-14(2)10-16(9-13)15-6-5-7-17(11-15)20(3)12-18(24)23(4)19(21)22-20/h5,7-11,15H,6,12H2,1-4H3,(H2,21,22). The van der Waals surface area contributed by atoms with Gasteiger partial charge in [-0.05, 0) is 38.3 Å². The maximum absolute atomic E-state index is 12.2. The molecule has 2 N–H and O–H groups in total. The average Bonchev–Trinajstić information content (AvgIpc) is 2.52. The number of carbonyl (C=O) groups is 1. The molecule has 1 amide bonds. The highest BCUT2D eigenvalue weighted by molar-refractivity contribution is 5.99. The SMILES string of the molecule is Cc1cc(C)cc(C2C=C(C3(C)CC(=O)N(C)C(N)=N3)C=CC2)c1. The number of allylic oxidation sites excluding steroid dienone is 2. The highest BCUT2D eigenvalue weighted by Gasteiger charge is 2.37. The minimum Gasteiger partial charge on any atom is -0.369 e. The molecule has 1 aliphatic heterocycles. The first kappa shape index (κ1) is 16.5. The van der Waals surface area contributed by atoms with Crippen LogP contribution in [-0.4, -0.2) is 29.4 Å². The lowest BCUT2D eigenvalue weighted by molar-refractivity contribution is -0.128. The third-order valence-electron chi connectivity index (χ3n) is 4.94. The number of amides is 1. The normalized spacial score (nSPS) is 27.1. The minimum atomic E-state index is -0.582. The lowest BCUT2D eigenvalue weighted by atomic mass is 9.79. The number of carbonyl (C=O) groups excluding carboxylic acids is 1. The number of aryl methyl sites for hydroxylation is 2. The number of rotatable bonds is 2. The summed E-state index contributed by atoms with van der Waals surface area (Å²) in [6.07, 6.45) is 7.84. The molecule has 1 aromatic rings. The molecule has 0 saturated carbocycles. The Bertz CT molecular complexity index is 755.